The van der Waals surface area contributed by atoms with E-state index in [1.54, 1.807) is 0 Å². The van der Waals surface area contributed by atoms with Crippen molar-refractivity contribution in [1.29, 1.82) is 0 Å². The van der Waals surface area contributed by atoms with Crippen molar-refractivity contribution in [1.82, 2.24) is 0 Å². The molecule has 368 valence electrons. The standard InChI is InChI=1S/C70H68N4/c1-67(2,3)53-29-21-45-25-33-57(41-49(45)37-53)71-61-17-13-14-18-62(61)72(58-34-26-46-22-30-54(68(4,5)6)38-50(46)42-58)65(71)66-73(59-35-27-47-23-31-55(69(7,8)9)39-51(47)43-59)63-19-15-16-20-64(63)74(66)60-36-28-48-24-32-56(70(10,11)12)40-52(48)44-60/h13-44H,1-12H3. The Balaban J connectivity index is 1.21. The van der Waals surface area contributed by atoms with Crippen LogP contribution in [0.3, 0.4) is 0 Å². The van der Waals surface area contributed by atoms with E-state index in [9.17, 15) is 0 Å². The van der Waals surface area contributed by atoms with Crippen molar-refractivity contribution in [3.63, 3.8) is 0 Å². The molecule has 0 atom stereocenters. The van der Waals surface area contributed by atoms with E-state index in [1.165, 1.54) is 65.3 Å². The molecule has 0 saturated carbocycles. The molecular weight excluding hydrogens is 897 g/mol. The molecule has 2 heterocycles. The van der Waals surface area contributed by atoms with Crippen molar-refractivity contribution in [2.45, 2.75) is 105 Å². The predicted molar refractivity (Wildman–Crippen MR) is 319 cm³/mol. The Labute approximate surface area is 438 Å². The fraction of sp³-hybridized carbons (Fsp3) is 0.229. The fourth-order valence-electron chi connectivity index (χ4n) is 11.1. The minimum absolute atomic E-state index is 0.00502. The lowest BCUT2D eigenvalue weighted by molar-refractivity contribution is 0.591. The van der Waals surface area contributed by atoms with E-state index in [4.69, 9.17) is 0 Å². The van der Waals surface area contributed by atoms with Gasteiger partial charge in [0, 0.05) is 22.7 Å². The SMILES string of the molecule is CC(C)(C)c1ccc2ccc(N3C(=C4N(c5ccc6ccc(C(C)(C)C)cc6c5)c5ccccc5N4c4ccc5ccc(C(C)(C)C)cc5c4)N(c4ccc5ccc(C(C)(C)C)cc5c4)c4ccccc43)cc2c1. The monoisotopic (exact) mass is 965 g/mol. The van der Waals surface area contributed by atoms with Gasteiger partial charge in [0.05, 0.1) is 22.7 Å². The van der Waals surface area contributed by atoms with E-state index < -0.39 is 0 Å². The summed E-state index contributed by atoms with van der Waals surface area (Å²) in [6.07, 6.45) is 0. The van der Waals surface area contributed by atoms with Crippen LogP contribution < -0.4 is 19.6 Å². The van der Waals surface area contributed by atoms with Crippen molar-refractivity contribution in [3.8, 4) is 0 Å². The summed E-state index contributed by atoms with van der Waals surface area (Å²) < 4.78 is 0. The number of rotatable bonds is 4. The summed E-state index contributed by atoms with van der Waals surface area (Å²) in [7, 11) is 0. The maximum absolute atomic E-state index is 2.53. The molecule has 2 aliphatic heterocycles. The number of hydrogen-bond donors (Lipinski definition) is 0. The summed E-state index contributed by atoms with van der Waals surface area (Å²) >= 11 is 0. The summed E-state index contributed by atoms with van der Waals surface area (Å²) in [6, 6.07) is 74.0. The summed E-state index contributed by atoms with van der Waals surface area (Å²) in [5.41, 5.74) is 14.1. The number of anilines is 8. The first-order chi connectivity index (χ1) is 35.2. The van der Waals surface area contributed by atoms with E-state index in [0.29, 0.717) is 0 Å². The van der Waals surface area contributed by atoms with Crippen LogP contribution in [0, 0.1) is 0 Å². The van der Waals surface area contributed by atoms with Crippen molar-refractivity contribution < 1.29 is 0 Å². The lowest BCUT2D eigenvalue weighted by Crippen LogP contribution is -2.33. The topological polar surface area (TPSA) is 13.0 Å². The lowest BCUT2D eigenvalue weighted by atomic mass is 9.86. The van der Waals surface area contributed by atoms with E-state index in [2.05, 4.69) is 297 Å². The average Bonchev–Trinajstić information content (AvgIpc) is 3.90. The minimum atomic E-state index is -0.00502. The van der Waals surface area contributed by atoms with Gasteiger partial charge in [-0.1, -0.05) is 204 Å². The number of benzene rings is 10. The molecule has 0 aliphatic carbocycles. The molecule has 0 bridgehead atoms. The summed E-state index contributed by atoms with van der Waals surface area (Å²) in [6.45, 7) is 27.6. The zero-order chi connectivity index (χ0) is 51.6. The van der Waals surface area contributed by atoms with Gasteiger partial charge < -0.3 is 0 Å². The first-order valence-electron chi connectivity index (χ1n) is 26.5. The fourth-order valence-corrected chi connectivity index (χ4v) is 11.1. The maximum atomic E-state index is 2.53. The van der Waals surface area contributed by atoms with E-state index in [0.717, 1.165) is 57.1 Å². The molecule has 0 amide bonds. The summed E-state index contributed by atoms with van der Waals surface area (Å²) in [5, 5.41) is 9.74. The van der Waals surface area contributed by atoms with Gasteiger partial charge in [-0.15, -0.1) is 0 Å². The Morgan fingerprint density at radius 3 is 0.622 bits per heavy atom. The second-order valence-corrected chi connectivity index (χ2v) is 25.0. The molecule has 0 N–H and O–H groups in total. The number of nitrogens with zero attached hydrogens (tertiary/aromatic N) is 4. The molecule has 4 heteroatoms. The van der Waals surface area contributed by atoms with Gasteiger partial charge in [-0.2, -0.15) is 0 Å². The van der Waals surface area contributed by atoms with Crippen LogP contribution in [0.4, 0.5) is 45.5 Å². The quantitative estimate of drug-likeness (QED) is 0.174. The largest absolute Gasteiger partial charge is 0.291 e. The third kappa shape index (κ3) is 8.07. The average molecular weight is 965 g/mol. The van der Waals surface area contributed by atoms with Crippen LogP contribution in [0.2, 0.25) is 0 Å². The van der Waals surface area contributed by atoms with Crippen molar-refractivity contribution >= 4 is 88.6 Å². The second-order valence-electron chi connectivity index (χ2n) is 25.0. The van der Waals surface area contributed by atoms with Gasteiger partial charge in [0.15, 0.2) is 11.6 Å². The predicted octanol–water partition coefficient (Wildman–Crippen LogP) is 19.9. The highest BCUT2D eigenvalue weighted by Crippen LogP contribution is 2.58. The van der Waals surface area contributed by atoms with Crippen LogP contribution in [0.5, 0.6) is 0 Å². The van der Waals surface area contributed by atoms with Gasteiger partial charge in [0.2, 0.25) is 0 Å². The Kier molecular flexibility index (Phi) is 10.8. The summed E-state index contributed by atoms with van der Waals surface area (Å²) in [4.78, 5) is 10.1. The van der Waals surface area contributed by atoms with Gasteiger partial charge in [-0.25, -0.2) is 0 Å². The highest BCUT2D eigenvalue weighted by atomic mass is 15.5. The second kappa shape index (κ2) is 16.9. The van der Waals surface area contributed by atoms with Crippen LogP contribution in [0.25, 0.3) is 43.1 Å². The Morgan fingerprint density at radius 1 is 0.216 bits per heavy atom. The Hall–Kier alpha value is -7.82. The van der Waals surface area contributed by atoms with Gasteiger partial charge in [0.25, 0.3) is 0 Å². The van der Waals surface area contributed by atoms with Crippen LogP contribution >= 0.6 is 0 Å². The molecule has 4 nitrogen and oxygen atoms in total. The first kappa shape index (κ1) is 47.2. The van der Waals surface area contributed by atoms with E-state index >= 15 is 0 Å². The molecule has 74 heavy (non-hydrogen) atoms. The van der Waals surface area contributed by atoms with E-state index in [1.807, 2.05) is 0 Å². The molecule has 0 fully saturated rings. The van der Waals surface area contributed by atoms with Crippen molar-refractivity contribution in [2.24, 2.45) is 0 Å². The maximum Gasteiger partial charge on any atom is 0.166 e. The third-order valence-corrected chi connectivity index (χ3v) is 15.6. The zero-order valence-electron chi connectivity index (χ0n) is 45.3. The molecule has 0 unspecified atom stereocenters. The highest BCUT2D eigenvalue weighted by molar-refractivity contribution is 6.04. The normalized spacial score (nSPS) is 14.3. The molecule has 0 saturated heterocycles. The van der Waals surface area contributed by atoms with Gasteiger partial charge in [-0.05, 0) is 160 Å². The smallest absolute Gasteiger partial charge is 0.166 e. The zero-order valence-corrected chi connectivity index (χ0v) is 45.3. The summed E-state index contributed by atoms with van der Waals surface area (Å²) in [5.74, 6) is 2.07. The van der Waals surface area contributed by atoms with Gasteiger partial charge in [0.1, 0.15) is 0 Å². The van der Waals surface area contributed by atoms with Crippen LogP contribution in [0.15, 0.2) is 206 Å². The Morgan fingerprint density at radius 2 is 0.419 bits per heavy atom. The molecular formula is C70H68N4. The molecule has 0 aromatic heterocycles. The van der Waals surface area contributed by atoms with Gasteiger partial charge >= 0.3 is 0 Å². The van der Waals surface area contributed by atoms with Crippen molar-refractivity contribution in [3.05, 3.63) is 228 Å². The number of para-hydroxylation sites is 4. The van der Waals surface area contributed by atoms with E-state index in [-0.39, 0.29) is 21.7 Å². The molecule has 10 aromatic carbocycles. The third-order valence-electron chi connectivity index (χ3n) is 15.6. The van der Waals surface area contributed by atoms with Crippen LogP contribution in [0.1, 0.15) is 105 Å². The van der Waals surface area contributed by atoms with Crippen LogP contribution in [-0.2, 0) is 21.7 Å². The molecule has 0 spiro atoms. The van der Waals surface area contributed by atoms with Gasteiger partial charge in [-0.3, -0.25) is 19.6 Å². The van der Waals surface area contributed by atoms with Crippen molar-refractivity contribution in [2.75, 3.05) is 19.6 Å². The highest BCUT2D eigenvalue weighted by Gasteiger charge is 2.44. The number of hydrogen-bond acceptors (Lipinski definition) is 4. The molecule has 10 aromatic rings. The van der Waals surface area contributed by atoms with Crippen LogP contribution in [-0.4, -0.2) is 0 Å². The minimum Gasteiger partial charge on any atom is -0.291 e. The Bertz CT molecular complexity index is 3410. The number of fused-ring (bicyclic) bond motifs is 6. The lowest BCUT2D eigenvalue weighted by Gasteiger charge is -2.34. The first-order valence-corrected chi connectivity index (χ1v) is 26.5. The molecule has 2 aliphatic rings. The molecule has 12 rings (SSSR count). The molecule has 0 radical (unpaired) electrons.